The van der Waals surface area contributed by atoms with Crippen molar-refractivity contribution in [2.45, 2.75) is 19.4 Å². The van der Waals surface area contributed by atoms with Crippen LogP contribution in [0.3, 0.4) is 0 Å². The van der Waals surface area contributed by atoms with Crippen LogP contribution >= 0.6 is 0 Å². The average molecular weight is 431 g/mol. The van der Waals surface area contributed by atoms with E-state index in [1.54, 1.807) is 7.05 Å². The predicted molar refractivity (Wildman–Crippen MR) is 127 cm³/mol. The summed E-state index contributed by atoms with van der Waals surface area (Å²) in [7, 11) is 1.76. The molecule has 1 saturated heterocycles. The Labute approximate surface area is 189 Å². The van der Waals surface area contributed by atoms with Gasteiger partial charge >= 0.3 is 0 Å². The predicted octanol–water partition coefficient (Wildman–Crippen LogP) is 2.63. The molecule has 0 spiro atoms. The summed E-state index contributed by atoms with van der Waals surface area (Å²) in [5, 5.41) is 11.1. The number of hydrogen-bond acceptors (Lipinski definition) is 3. The van der Waals surface area contributed by atoms with Gasteiger partial charge < -0.3 is 15.5 Å². The van der Waals surface area contributed by atoms with Gasteiger partial charge in [0.1, 0.15) is 0 Å². The van der Waals surface area contributed by atoms with Crippen LogP contribution in [0.5, 0.6) is 0 Å². The van der Waals surface area contributed by atoms with Gasteiger partial charge in [-0.25, -0.2) is 4.68 Å². The number of aliphatic imine (C=N–C) groups is 1. The number of likely N-dealkylation sites (tertiary alicyclic amines) is 1. The van der Waals surface area contributed by atoms with E-state index in [2.05, 4.69) is 32.9 Å². The van der Waals surface area contributed by atoms with Crippen LogP contribution in [0.1, 0.15) is 17.5 Å². The van der Waals surface area contributed by atoms with Crippen molar-refractivity contribution < 1.29 is 4.79 Å². The normalized spacial score (nSPS) is 16.4. The number of aromatic nitrogens is 2. The minimum absolute atomic E-state index is 0.240. The van der Waals surface area contributed by atoms with Crippen molar-refractivity contribution in [1.82, 2.24) is 25.3 Å². The minimum Gasteiger partial charge on any atom is -0.356 e. The zero-order valence-corrected chi connectivity index (χ0v) is 18.4. The molecule has 166 valence electrons. The zero-order chi connectivity index (χ0) is 22.2. The Balaban J connectivity index is 1.21. The Morgan fingerprint density at radius 2 is 1.81 bits per heavy atom. The fourth-order valence-corrected chi connectivity index (χ4v) is 3.94. The Morgan fingerprint density at radius 3 is 2.56 bits per heavy atom. The third-order valence-electron chi connectivity index (χ3n) is 5.71. The summed E-state index contributed by atoms with van der Waals surface area (Å²) in [4.78, 5) is 18.7. The minimum atomic E-state index is 0.240. The number of benzene rings is 2. The zero-order valence-electron chi connectivity index (χ0n) is 18.4. The number of hydrogen-bond donors (Lipinski definition) is 2. The largest absolute Gasteiger partial charge is 0.356 e. The van der Waals surface area contributed by atoms with Crippen molar-refractivity contribution in [2.24, 2.45) is 10.9 Å². The molecule has 1 unspecified atom stereocenters. The SMILES string of the molecule is CN=C(NCc1cnn(-c2ccccc2)c1)NCC1CC(=O)N(CCc2ccccc2)C1. The second kappa shape index (κ2) is 10.6. The number of nitrogens with one attached hydrogen (secondary N) is 2. The first-order chi connectivity index (χ1) is 15.7. The smallest absolute Gasteiger partial charge is 0.223 e. The van der Waals surface area contributed by atoms with E-state index >= 15 is 0 Å². The fourth-order valence-electron chi connectivity index (χ4n) is 3.94. The molecule has 3 aromatic rings. The van der Waals surface area contributed by atoms with E-state index in [1.807, 2.05) is 70.5 Å². The van der Waals surface area contributed by atoms with E-state index in [0.29, 0.717) is 13.0 Å². The van der Waals surface area contributed by atoms with Crippen LogP contribution in [0.15, 0.2) is 78.0 Å². The molecule has 0 radical (unpaired) electrons. The molecule has 1 aliphatic heterocycles. The topological polar surface area (TPSA) is 74.5 Å². The fraction of sp³-hybridized carbons (Fsp3) is 0.320. The van der Waals surface area contributed by atoms with E-state index < -0.39 is 0 Å². The number of guanidine groups is 1. The first kappa shape index (κ1) is 21.6. The van der Waals surface area contributed by atoms with Gasteiger partial charge in [-0.1, -0.05) is 48.5 Å². The molecular weight excluding hydrogens is 400 g/mol. The molecule has 2 heterocycles. The standard InChI is InChI=1S/C25H30N6O/c1-26-25(28-16-22-17-29-31(19-22)23-10-6-3-7-11-23)27-15-21-14-24(32)30(18-21)13-12-20-8-4-2-5-9-20/h2-11,17,19,21H,12-16,18H2,1H3,(H2,26,27,28). The Bertz CT molecular complexity index is 1030. The molecule has 7 heteroatoms. The second-order valence-corrected chi connectivity index (χ2v) is 8.08. The molecule has 1 atom stereocenters. The summed E-state index contributed by atoms with van der Waals surface area (Å²) in [6.07, 6.45) is 5.35. The Morgan fingerprint density at radius 1 is 1.06 bits per heavy atom. The average Bonchev–Trinajstić information content (AvgIpc) is 3.45. The van der Waals surface area contributed by atoms with Gasteiger partial charge in [-0.2, -0.15) is 5.10 Å². The van der Waals surface area contributed by atoms with Gasteiger partial charge in [0, 0.05) is 57.3 Å². The van der Waals surface area contributed by atoms with Crippen LogP contribution in [-0.4, -0.2) is 53.2 Å². The highest BCUT2D eigenvalue weighted by Gasteiger charge is 2.29. The monoisotopic (exact) mass is 430 g/mol. The lowest BCUT2D eigenvalue weighted by Crippen LogP contribution is -2.40. The second-order valence-electron chi connectivity index (χ2n) is 8.08. The summed E-state index contributed by atoms with van der Waals surface area (Å²) in [6, 6.07) is 20.4. The van der Waals surface area contributed by atoms with E-state index in [1.165, 1.54) is 5.56 Å². The van der Waals surface area contributed by atoms with Crippen molar-refractivity contribution in [1.29, 1.82) is 0 Å². The summed E-state index contributed by atoms with van der Waals surface area (Å²) in [5.41, 5.74) is 3.37. The lowest BCUT2D eigenvalue weighted by atomic mass is 10.1. The molecule has 1 aliphatic rings. The van der Waals surface area contributed by atoms with Gasteiger partial charge in [0.15, 0.2) is 5.96 Å². The molecule has 32 heavy (non-hydrogen) atoms. The molecule has 1 fully saturated rings. The molecule has 0 bridgehead atoms. The Hall–Kier alpha value is -3.61. The van der Waals surface area contributed by atoms with Crippen molar-refractivity contribution in [2.75, 3.05) is 26.7 Å². The van der Waals surface area contributed by atoms with Crippen LogP contribution in [0.2, 0.25) is 0 Å². The van der Waals surface area contributed by atoms with Crippen LogP contribution in [0.4, 0.5) is 0 Å². The molecule has 2 N–H and O–H groups in total. The number of para-hydroxylation sites is 1. The highest BCUT2D eigenvalue weighted by atomic mass is 16.2. The first-order valence-electron chi connectivity index (χ1n) is 11.1. The number of rotatable bonds is 8. The number of carbonyl (C=O) groups is 1. The summed E-state index contributed by atoms with van der Waals surface area (Å²) < 4.78 is 1.86. The van der Waals surface area contributed by atoms with Crippen molar-refractivity contribution in [3.05, 3.63) is 84.2 Å². The first-order valence-corrected chi connectivity index (χ1v) is 11.1. The van der Waals surface area contributed by atoms with Crippen molar-refractivity contribution in [3.8, 4) is 5.69 Å². The maximum atomic E-state index is 12.4. The highest BCUT2D eigenvalue weighted by molar-refractivity contribution is 5.80. The van der Waals surface area contributed by atoms with E-state index in [-0.39, 0.29) is 11.8 Å². The maximum Gasteiger partial charge on any atom is 0.223 e. The molecule has 2 aromatic carbocycles. The van der Waals surface area contributed by atoms with Crippen molar-refractivity contribution in [3.63, 3.8) is 0 Å². The molecule has 0 aliphatic carbocycles. The van der Waals surface area contributed by atoms with E-state index in [9.17, 15) is 4.79 Å². The van der Waals surface area contributed by atoms with Crippen LogP contribution in [0.25, 0.3) is 5.69 Å². The Kier molecular flexibility index (Phi) is 7.17. The van der Waals surface area contributed by atoms with Crippen LogP contribution < -0.4 is 10.6 Å². The van der Waals surface area contributed by atoms with E-state index in [4.69, 9.17) is 0 Å². The number of nitrogens with zero attached hydrogens (tertiary/aromatic N) is 4. The van der Waals surface area contributed by atoms with Crippen LogP contribution in [0, 0.1) is 5.92 Å². The van der Waals surface area contributed by atoms with Gasteiger partial charge in [0.2, 0.25) is 5.91 Å². The van der Waals surface area contributed by atoms with Gasteiger partial charge in [0.05, 0.1) is 11.9 Å². The third kappa shape index (κ3) is 5.75. The van der Waals surface area contributed by atoms with Gasteiger partial charge in [-0.15, -0.1) is 0 Å². The molecular formula is C25H30N6O. The summed E-state index contributed by atoms with van der Waals surface area (Å²) in [6.45, 7) is 2.91. The van der Waals surface area contributed by atoms with Gasteiger partial charge in [-0.3, -0.25) is 9.79 Å². The molecule has 4 rings (SSSR count). The van der Waals surface area contributed by atoms with Crippen LogP contribution in [-0.2, 0) is 17.8 Å². The summed E-state index contributed by atoms with van der Waals surface area (Å²) in [5.74, 6) is 1.26. The lowest BCUT2D eigenvalue weighted by Gasteiger charge is -2.18. The quantitative estimate of drug-likeness (QED) is 0.426. The molecule has 1 amide bonds. The van der Waals surface area contributed by atoms with Crippen molar-refractivity contribution >= 4 is 11.9 Å². The molecule has 1 aromatic heterocycles. The van der Waals surface area contributed by atoms with E-state index in [0.717, 1.165) is 43.3 Å². The molecule has 0 saturated carbocycles. The van der Waals surface area contributed by atoms with Gasteiger partial charge in [-0.05, 0) is 24.1 Å². The number of amides is 1. The highest BCUT2D eigenvalue weighted by Crippen LogP contribution is 2.17. The van der Waals surface area contributed by atoms with Gasteiger partial charge in [0.25, 0.3) is 0 Å². The lowest BCUT2D eigenvalue weighted by molar-refractivity contribution is -0.127. The third-order valence-corrected chi connectivity index (χ3v) is 5.71. The number of carbonyl (C=O) groups excluding carboxylic acids is 1. The summed E-state index contributed by atoms with van der Waals surface area (Å²) >= 11 is 0. The maximum absolute atomic E-state index is 12.4. The molecule has 7 nitrogen and oxygen atoms in total.